The van der Waals surface area contributed by atoms with Crippen LogP contribution in [0.1, 0.15) is 11.1 Å². The molecule has 0 bridgehead atoms. The molecule has 18 heavy (non-hydrogen) atoms. The molecule has 2 N–H and O–H groups in total. The van der Waals surface area contributed by atoms with Crippen LogP contribution in [0.3, 0.4) is 0 Å². The average Bonchev–Trinajstić information content (AvgIpc) is 2.38. The summed E-state index contributed by atoms with van der Waals surface area (Å²) in [6.07, 6.45) is 0. The van der Waals surface area contributed by atoms with Gasteiger partial charge in [0.2, 0.25) is 0 Å². The molecule has 0 fully saturated rings. The fourth-order valence-corrected chi connectivity index (χ4v) is 2.04. The number of hydrogen-bond donors (Lipinski definition) is 1. The molecule has 2 aromatic rings. The maximum Gasteiger partial charge on any atom is 0.123 e. The number of hydrogen-bond acceptors (Lipinski definition) is 2. The second-order valence-corrected chi connectivity index (χ2v) is 4.19. The molecule has 2 rings (SSSR count). The van der Waals surface area contributed by atoms with Crippen LogP contribution >= 0.6 is 0 Å². The molecule has 0 aliphatic rings. The molecule has 0 unspecified atom stereocenters. The molecule has 2 nitrogen and oxygen atoms in total. The smallest absolute Gasteiger partial charge is 0.123 e. The lowest BCUT2D eigenvalue weighted by Gasteiger charge is -2.12. The molecule has 0 aromatic heterocycles. The van der Waals surface area contributed by atoms with Gasteiger partial charge in [-0.2, -0.15) is 0 Å². The summed E-state index contributed by atoms with van der Waals surface area (Å²) in [5.41, 5.74) is 9.50. The molecule has 0 aliphatic heterocycles. The first-order chi connectivity index (χ1) is 8.65. The molecule has 0 spiro atoms. The van der Waals surface area contributed by atoms with Gasteiger partial charge in [-0.05, 0) is 53.4 Å². The first-order valence-electron chi connectivity index (χ1n) is 5.79. The fourth-order valence-electron chi connectivity index (χ4n) is 2.04. The molecule has 0 saturated carbocycles. The Morgan fingerprint density at radius 1 is 1.11 bits per heavy atom. The Morgan fingerprint density at radius 3 is 2.50 bits per heavy atom. The van der Waals surface area contributed by atoms with Crippen molar-refractivity contribution >= 4 is 0 Å². The Balaban J connectivity index is 2.57. The molecule has 0 saturated heterocycles. The number of halogens is 1. The molecule has 94 valence electrons. The molecular formula is C15H16FNO. The zero-order valence-corrected chi connectivity index (χ0v) is 10.5. The molecule has 0 heterocycles. The minimum atomic E-state index is -0.252. The predicted molar refractivity (Wildman–Crippen MR) is 71.0 cm³/mol. The van der Waals surface area contributed by atoms with Crippen LogP contribution in [0.2, 0.25) is 0 Å². The second kappa shape index (κ2) is 5.19. The topological polar surface area (TPSA) is 35.2 Å². The summed E-state index contributed by atoms with van der Waals surface area (Å²) < 4.78 is 18.5. The molecule has 0 radical (unpaired) electrons. The molecular weight excluding hydrogens is 229 g/mol. The molecule has 0 atom stereocenters. The van der Waals surface area contributed by atoms with Crippen molar-refractivity contribution in [2.45, 2.75) is 13.5 Å². The van der Waals surface area contributed by atoms with Gasteiger partial charge in [-0.15, -0.1) is 0 Å². The van der Waals surface area contributed by atoms with Gasteiger partial charge < -0.3 is 10.5 Å². The molecule has 3 heteroatoms. The number of aryl methyl sites for hydroxylation is 1. The van der Waals surface area contributed by atoms with Crippen LogP contribution in [-0.4, -0.2) is 7.11 Å². The molecule has 0 amide bonds. The highest BCUT2D eigenvalue weighted by Gasteiger charge is 2.09. The maximum atomic E-state index is 13.4. The first kappa shape index (κ1) is 12.6. The van der Waals surface area contributed by atoms with E-state index in [-0.39, 0.29) is 5.82 Å². The maximum absolute atomic E-state index is 13.4. The zero-order chi connectivity index (χ0) is 13.1. The van der Waals surface area contributed by atoms with E-state index in [9.17, 15) is 4.39 Å². The third-order valence-electron chi connectivity index (χ3n) is 3.02. The number of ether oxygens (including phenoxy) is 1. The number of benzene rings is 2. The van der Waals surface area contributed by atoms with Crippen LogP contribution in [-0.2, 0) is 6.54 Å². The van der Waals surface area contributed by atoms with Crippen molar-refractivity contribution < 1.29 is 9.13 Å². The highest BCUT2D eigenvalue weighted by molar-refractivity contribution is 5.71. The Hall–Kier alpha value is -1.87. The standard InChI is InChI=1S/C15H16FNO/c1-10-7-13(18-2)5-6-14(10)15-8-12(16)4-3-11(15)9-17/h3-8H,9,17H2,1-2H3. The van der Waals surface area contributed by atoms with Gasteiger partial charge in [0.25, 0.3) is 0 Å². The zero-order valence-electron chi connectivity index (χ0n) is 10.5. The van der Waals surface area contributed by atoms with Crippen molar-refractivity contribution in [3.05, 3.63) is 53.3 Å². The lowest BCUT2D eigenvalue weighted by atomic mass is 9.95. The van der Waals surface area contributed by atoms with Crippen LogP contribution in [0.5, 0.6) is 5.75 Å². The first-order valence-corrected chi connectivity index (χ1v) is 5.79. The summed E-state index contributed by atoms with van der Waals surface area (Å²) in [6.45, 7) is 2.37. The van der Waals surface area contributed by atoms with E-state index in [1.165, 1.54) is 12.1 Å². The number of rotatable bonds is 3. The predicted octanol–water partition coefficient (Wildman–Crippen LogP) is 3.27. The van der Waals surface area contributed by atoms with Crippen LogP contribution in [0.15, 0.2) is 36.4 Å². The van der Waals surface area contributed by atoms with Gasteiger partial charge in [0, 0.05) is 6.54 Å². The van der Waals surface area contributed by atoms with Gasteiger partial charge in [-0.25, -0.2) is 4.39 Å². The van der Waals surface area contributed by atoms with E-state index >= 15 is 0 Å². The van der Waals surface area contributed by atoms with E-state index < -0.39 is 0 Å². The lowest BCUT2D eigenvalue weighted by Crippen LogP contribution is -2.00. The summed E-state index contributed by atoms with van der Waals surface area (Å²) in [5, 5.41) is 0. The van der Waals surface area contributed by atoms with E-state index in [0.717, 1.165) is 28.0 Å². The van der Waals surface area contributed by atoms with E-state index in [1.54, 1.807) is 13.2 Å². The van der Waals surface area contributed by atoms with Crippen molar-refractivity contribution in [1.29, 1.82) is 0 Å². The summed E-state index contributed by atoms with van der Waals surface area (Å²) >= 11 is 0. The van der Waals surface area contributed by atoms with E-state index in [1.807, 2.05) is 25.1 Å². The summed E-state index contributed by atoms with van der Waals surface area (Å²) in [7, 11) is 1.63. The van der Waals surface area contributed by atoms with Gasteiger partial charge in [0.15, 0.2) is 0 Å². The van der Waals surface area contributed by atoms with Gasteiger partial charge in [-0.1, -0.05) is 12.1 Å². The average molecular weight is 245 g/mol. The van der Waals surface area contributed by atoms with Gasteiger partial charge in [0.1, 0.15) is 11.6 Å². The van der Waals surface area contributed by atoms with Crippen molar-refractivity contribution in [2.24, 2.45) is 5.73 Å². The van der Waals surface area contributed by atoms with E-state index in [0.29, 0.717) is 6.54 Å². The largest absolute Gasteiger partial charge is 0.497 e. The van der Waals surface area contributed by atoms with Crippen molar-refractivity contribution in [2.75, 3.05) is 7.11 Å². The monoisotopic (exact) mass is 245 g/mol. The van der Waals surface area contributed by atoms with Crippen LogP contribution in [0, 0.1) is 12.7 Å². The van der Waals surface area contributed by atoms with Crippen LogP contribution < -0.4 is 10.5 Å². The third kappa shape index (κ3) is 2.36. The fraction of sp³-hybridized carbons (Fsp3) is 0.200. The van der Waals surface area contributed by atoms with Gasteiger partial charge >= 0.3 is 0 Å². The van der Waals surface area contributed by atoms with E-state index in [2.05, 4.69) is 0 Å². The molecule has 0 aliphatic carbocycles. The number of nitrogens with two attached hydrogens (primary N) is 1. The highest BCUT2D eigenvalue weighted by atomic mass is 19.1. The SMILES string of the molecule is COc1ccc(-c2cc(F)ccc2CN)c(C)c1. The van der Waals surface area contributed by atoms with Crippen molar-refractivity contribution in [1.82, 2.24) is 0 Å². The van der Waals surface area contributed by atoms with Crippen molar-refractivity contribution in [3.8, 4) is 16.9 Å². The van der Waals surface area contributed by atoms with Gasteiger partial charge in [-0.3, -0.25) is 0 Å². The third-order valence-corrected chi connectivity index (χ3v) is 3.02. The summed E-state index contributed by atoms with van der Waals surface area (Å²) in [6, 6.07) is 10.4. The Morgan fingerprint density at radius 2 is 1.89 bits per heavy atom. The van der Waals surface area contributed by atoms with Crippen molar-refractivity contribution in [3.63, 3.8) is 0 Å². The Labute approximate surface area is 106 Å². The Kier molecular flexibility index (Phi) is 3.63. The van der Waals surface area contributed by atoms with E-state index in [4.69, 9.17) is 10.5 Å². The summed E-state index contributed by atoms with van der Waals surface area (Å²) in [4.78, 5) is 0. The van der Waals surface area contributed by atoms with Crippen LogP contribution in [0.4, 0.5) is 4.39 Å². The molecule has 2 aromatic carbocycles. The minimum absolute atomic E-state index is 0.252. The quantitative estimate of drug-likeness (QED) is 0.900. The lowest BCUT2D eigenvalue weighted by molar-refractivity contribution is 0.414. The van der Waals surface area contributed by atoms with Gasteiger partial charge in [0.05, 0.1) is 7.11 Å². The summed E-state index contributed by atoms with van der Waals surface area (Å²) in [5.74, 6) is 0.541. The minimum Gasteiger partial charge on any atom is -0.497 e. The highest BCUT2D eigenvalue weighted by Crippen LogP contribution is 2.30. The number of methoxy groups -OCH3 is 1. The van der Waals surface area contributed by atoms with Crippen LogP contribution in [0.25, 0.3) is 11.1 Å². The second-order valence-electron chi connectivity index (χ2n) is 4.19. The normalized spacial score (nSPS) is 10.4. The Bertz CT molecular complexity index is 566.